The van der Waals surface area contributed by atoms with Crippen LogP contribution < -0.4 is 0 Å². The molecule has 4 aromatic rings. The molecular weight excluding hydrogens is 419 g/mol. The van der Waals surface area contributed by atoms with Gasteiger partial charge in [0.2, 0.25) is 0 Å². The van der Waals surface area contributed by atoms with Crippen LogP contribution in [0.3, 0.4) is 0 Å². The molecule has 4 heterocycles. The molecule has 0 saturated carbocycles. The quantitative estimate of drug-likeness (QED) is 0.476. The van der Waals surface area contributed by atoms with Crippen LogP contribution in [0.1, 0.15) is 40.5 Å². The van der Waals surface area contributed by atoms with Crippen LogP contribution in [0.5, 0.6) is 0 Å². The Bertz CT molecular complexity index is 1390. The van der Waals surface area contributed by atoms with E-state index in [0.717, 1.165) is 41.6 Å². The molecule has 0 aliphatic carbocycles. The molecule has 2 aliphatic rings. The van der Waals surface area contributed by atoms with Crippen LogP contribution in [-0.4, -0.2) is 36.8 Å². The van der Waals surface area contributed by atoms with Gasteiger partial charge in [-0.05, 0) is 37.5 Å². The zero-order valence-electron chi connectivity index (χ0n) is 17.1. The van der Waals surface area contributed by atoms with Crippen molar-refractivity contribution in [1.82, 2.24) is 24.9 Å². The topological polar surface area (TPSA) is 66.8 Å². The van der Waals surface area contributed by atoms with Gasteiger partial charge in [-0.1, -0.05) is 12.1 Å². The maximum Gasteiger partial charge on any atom is 0.256 e. The lowest BCUT2D eigenvalue weighted by Gasteiger charge is -2.34. The first-order chi connectivity index (χ1) is 15.4. The van der Waals surface area contributed by atoms with Gasteiger partial charge < -0.3 is 4.90 Å². The van der Waals surface area contributed by atoms with Gasteiger partial charge in [0.15, 0.2) is 17.5 Å². The summed E-state index contributed by atoms with van der Waals surface area (Å²) in [5.41, 5.74) is 3.62. The number of carbonyl (C=O) groups is 1. The van der Waals surface area contributed by atoms with E-state index in [4.69, 9.17) is 0 Å². The second-order valence-corrected chi connectivity index (χ2v) is 8.39. The number of benzene rings is 2. The van der Waals surface area contributed by atoms with Gasteiger partial charge in [-0.2, -0.15) is 10.2 Å². The Hall–Kier alpha value is -3.62. The van der Waals surface area contributed by atoms with E-state index in [1.165, 1.54) is 0 Å². The van der Waals surface area contributed by atoms with Crippen molar-refractivity contribution < 1.29 is 18.0 Å². The van der Waals surface area contributed by atoms with Crippen LogP contribution in [0.25, 0.3) is 22.2 Å². The highest BCUT2D eigenvalue weighted by Gasteiger charge is 2.46. The molecule has 162 valence electrons. The molecule has 32 heavy (non-hydrogen) atoms. The lowest BCUT2D eigenvalue weighted by Crippen LogP contribution is -2.42. The van der Waals surface area contributed by atoms with Gasteiger partial charge in [-0.15, -0.1) is 0 Å². The number of hydrogen-bond acceptors (Lipinski definition) is 3. The average Bonchev–Trinajstić information content (AvgIpc) is 3.46. The molecule has 2 aliphatic heterocycles. The third-order valence-corrected chi connectivity index (χ3v) is 6.63. The SMILES string of the molecule is Cn1nc2c(c1-c1cc(F)c(F)c(F)c1)C[C@H]1CC[C@@H]2N1C(=O)c1cccc2cn[nH]c12. The van der Waals surface area contributed by atoms with Crippen molar-refractivity contribution in [1.29, 1.82) is 0 Å². The summed E-state index contributed by atoms with van der Waals surface area (Å²) in [7, 11) is 1.69. The maximum atomic E-state index is 13.9. The molecule has 1 fully saturated rings. The van der Waals surface area contributed by atoms with Crippen LogP contribution in [0.15, 0.2) is 36.5 Å². The van der Waals surface area contributed by atoms with E-state index in [9.17, 15) is 18.0 Å². The van der Waals surface area contributed by atoms with E-state index in [1.807, 2.05) is 17.0 Å². The number of para-hydroxylation sites is 1. The number of nitrogens with one attached hydrogen (secondary N) is 1. The van der Waals surface area contributed by atoms with Gasteiger partial charge in [0, 0.05) is 29.6 Å². The van der Waals surface area contributed by atoms with Gasteiger partial charge in [-0.25, -0.2) is 13.2 Å². The number of rotatable bonds is 2. The molecule has 0 unspecified atom stereocenters. The van der Waals surface area contributed by atoms with E-state index >= 15 is 0 Å². The molecule has 6 rings (SSSR count). The van der Waals surface area contributed by atoms with Gasteiger partial charge in [0.05, 0.1) is 34.7 Å². The van der Waals surface area contributed by atoms with Crippen LogP contribution in [0.2, 0.25) is 0 Å². The number of H-pyrrole nitrogens is 1. The molecule has 2 aromatic heterocycles. The fourth-order valence-corrected chi connectivity index (χ4v) is 5.29. The number of carbonyl (C=O) groups excluding carboxylic acids is 1. The molecule has 0 radical (unpaired) electrons. The minimum atomic E-state index is -1.49. The minimum Gasteiger partial charge on any atom is -0.327 e. The Balaban J connectivity index is 1.44. The van der Waals surface area contributed by atoms with Gasteiger partial charge >= 0.3 is 0 Å². The fraction of sp³-hybridized carbons (Fsp3) is 0.261. The van der Waals surface area contributed by atoms with Crippen LogP contribution in [0.4, 0.5) is 13.2 Å². The van der Waals surface area contributed by atoms with E-state index < -0.39 is 17.5 Å². The molecule has 6 nitrogen and oxygen atoms in total. The third kappa shape index (κ3) is 2.57. The molecule has 2 aromatic carbocycles. The number of fused-ring (bicyclic) bond motifs is 5. The summed E-state index contributed by atoms with van der Waals surface area (Å²) in [6.07, 6.45) is 3.76. The van der Waals surface area contributed by atoms with Crippen LogP contribution in [0, 0.1) is 17.5 Å². The van der Waals surface area contributed by atoms with E-state index in [1.54, 1.807) is 24.0 Å². The highest BCUT2D eigenvalue weighted by Crippen LogP contribution is 2.47. The lowest BCUT2D eigenvalue weighted by molar-refractivity contribution is 0.0644. The Morgan fingerprint density at radius 1 is 1.16 bits per heavy atom. The van der Waals surface area contributed by atoms with Crippen molar-refractivity contribution in [2.75, 3.05) is 0 Å². The standard InChI is InChI=1S/C23H18F3N5O/c1-30-22(12-7-16(24)19(26)17(25)8-12)15-9-13-5-6-18(21(15)29-30)31(13)23(32)14-4-2-3-11-10-27-28-20(11)14/h2-4,7-8,10,13,18H,5-6,9H2,1H3,(H,27,28)/t13-,18+/m1/s1. The predicted molar refractivity (Wildman–Crippen MR) is 110 cm³/mol. The predicted octanol–water partition coefficient (Wildman–Crippen LogP) is 4.28. The smallest absolute Gasteiger partial charge is 0.256 e. The summed E-state index contributed by atoms with van der Waals surface area (Å²) in [5.74, 6) is -4.06. The van der Waals surface area contributed by atoms with E-state index in [0.29, 0.717) is 23.2 Å². The molecule has 2 bridgehead atoms. The number of aryl methyl sites for hydroxylation is 1. The second kappa shape index (κ2) is 6.69. The number of nitrogens with zero attached hydrogens (tertiary/aromatic N) is 4. The highest BCUT2D eigenvalue weighted by molar-refractivity contribution is 6.05. The number of aromatic nitrogens is 4. The molecule has 9 heteroatoms. The lowest BCUT2D eigenvalue weighted by atomic mass is 9.94. The minimum absolute atomic E-state index is 0.0590. The van der Waals surface area contributed by atoms with Crippen molar-refractivity contribution in [3.8, 4) is 11.3 Å². The third-order valence-electron chi connectivity index (χ3n) is 6.63. The van der Waals surface area contributed by atoms with Gasteiger partial charge in [0.25, 0.3) is 5.91 Å². The number of hydrogen-bond donors (Lipinski definition) is 1. The number of halogens is 3. The Kier molecular flexibility index (Phi) is 3.99. The zero-order chi connectivity index (χ0) is 22.1. The molecule has 0 spiro atoms. The summed E-state index contributed by atoms with van der Waals surface area (Å²) in [4.78, 5) is 15.4. The van der Waals surface area contributed by atoms with Crippen molar-refractivity contribution in [2.24, 2.45) is 7.05 Å². The van der Waals surface area contributed by atoms with Crippen molar-refractivity contribution in [2.45, 2.75) is 31.3 Å². The van der Waals surface area contributed by atoms with Crippen molar-refractivity contribution in [3.63, 3.8) is 0 Å². The van der Waals surface area contributed by atoms with Crippen LogP contribution >= 0.6 is 0 Å². The molecule has 1 amide bonds. The molecular formula is C23H18F3N5O. The zero-order valence-corrected chi connectivity index (χ0v) is 17.1. The van der Waals surface area contributed by atoms with Gasteiger partial charge in [0.1, 0.15) is 0 Å². The molecule has 1 N–H and O–H groups in total. The Morgan fingerprint density at radius 3 is 2.72 bits per heavy atom. The first-order valence-electron chi connectivity index (χ1n) is 10.4. The maximum absolute atomic E-state index is 13.9. The largest absolute Gasteiger partial charge is 0.327 e. The normalized spacial score (nSPS) is 19.6. The summed E-state index contributed by atoms with van der Waals surface area (Å²) >= 11 is 0. The number of aromatic amines is 1. The fourth-order valence-electron chi connectivity index (χ4n) is 5.29. The monoisotopic (exact) mass is 437 g/mol. The van der Waals surface area contributed by atoms with Crippen molar-refractivity contribution in [3.05, 3.63) is 70.8 Å². The Morgan fingerprint density at radius 2 is 1.94 bits per heavy atom. The average molecular weight is 437 g/mol. The summed E-state index contributed by atoms with van der Waals surface area (Å²) in [6.45, 7) is 0. The summed E-state index contributed by atoms with van der Waals surface area (Å²) < 4.78 is 42.9. The van der Waals surface area contributed by atoms with Gasteiger partial charge in [-0.3, -0.25) is 14.6 Å². The van der Waals surface area contributed by atoms with Crippen molar-refractivity contribution >= 4 is 16.8 Å². The van der Waals surface area contributed by atoms with E-state index in [-0.39, 0.29) is 23.6 Å². The first kappa shape index (κ1) is 19.1. The summed E-state index contributed by atoms with van der Waals surface area (Å²) in [5, 5.41) is 12.5. The highest BCUT2D eigenvalue weighted by atomic mass is 19.2. The molecule has 2 atom stereocenters. The second-order valence-electron chi connectivity index (χ2n) is 8.39. The number of amides is 1. The first-order valence-corrected chi connectivity index (χ1v) is 10.4. The summed E-state index contributed by atoms with van der Waals surface area (Å²) in [6, 6.07) is 7.21. The Labute approximate surface area is 180 Å². The van der Waals surface area contributed by atoms with Crippen LogP contribution in [-0.2, 0) is 13.5 Å². The molecule has 1 saturated heterocycles. The van der Waals surface area contributed by atoms with E-state index in [2.05, 4.69) is 15.3 Å².